The number of benzene rings is 1. The highest BCUT2D eigenvalue weighted by Crippen LogP contribution is 2.28. The molecule has 0 saturated heterocycles. The van der Waals surface area contributed by atoms with Crippen LogP contribution in [0.4, 0.5) is 0 Å². The molecule has 3 nitrogen and oxygen atoms in total. The highest BCUT2D eigenvalue weighted by molar-refractivity contribution is 6.15. The fourth-order valence-electron chi connectivity index (χ4n) is 3.10. The van der Waals surface area contributed by atoms with Crippen LogP contribution in [0.2, 0.25) is 0 Å². The fourth-order valence-corrected chi connectivity index (χ4v) is 3.10. The van der Waals surface area contributed by atoms with Gasteiger partial charge in [0, 0.05) is 30.9 Å². The molecular weight excluding hydrogens is 272 g/mol. The lowest BCUT2D eigenvalue weighted by atomic mass is 9.94. The first-order valence-electron chi connectivity index (χ1n) is 7.82. The average Bonchev–Trinajstić information content (AvgIpc) is 3.04. The van der Waals surface area contributed by atoms with Crippen LogP contribution in [0.3, 0.4) is 0 Å². The molecule has 1 aromatic carbocycles. The largest absolute Gasteiger partial charge is 0.493 e. The second-order valence-electron chi connectivity index (χ2n) is 5.71. The van der Waals surface area contributed by atoms with E-state index in [9.17, 15) is 0 Å². The molecule has 3 heterocycles. The second kappa shape index (κ2) is 5.76. The van der Waals surface area contributed by atoms with E-state index in [1.807, 2.05) is 12.3 Å². The van der Waals surface area contributed by atoms with E-state index in [1.54, 1.807) is 6.20 Å². The van der Waals surface area contributed by atoms with Gasteiger partial charge in [0.15, 0.2) is 0 Å². The van der Waals surface area contributed by atoms with Gasteiger partial charge in [-0.25, -0.2) is 0 Å². The molecule has 110 valence electrons. The van der Waals surface area contributed by atoms with E-state index in [0.29, 0.717) is 0 Å². The molecule has 2 aliphatic heterocycles. The average molecular weight is 290 g/mol. The number of nitrogens with zero attached hydrogens (tertiary/aromatic N) is 2. The Morgan fingerprint density at radius 1 is 1.14 bits per heavy atom. The quantitative estimate of drug-likeness (QED) is 0.845. The zero-order valence-electron chi connectivity index (χ0n) is 12.5. The standard InChI is InChI=1S/C19H18N2O/c1-4-17(13-20-8-1)19-16(3-2-9-21-19)12-14-5-6-18-15(11-14)7-10-22-18/h1,4-6,8,11-13H,2-3,7,9-10H2. The summed E-state index contributed by atoms with van der Waals surface area (Å²) in [5.74, 6) is 1.03. The van der Waals surface area contributed by atoms with Crippen LogP contribution in [0.1, 0.15) is 29.5 Å². The summed E-state index contributed by atoms with van der Waals surface area (Å²) < 4.78 is 5.58. The summed E-state index contributed by atoms with van der Waals surface area (Å²) in [5.41, 5.74) is 6.05. The van der Waals surface area contributed by atoms with Gasteiger partial charge in [-0.1, -0.05) is 6.07 Å². The van der Waals surface area contributed by atoms with Crippen molar-refractivity contribution in [2.24, 2.45) is 4.99 Å². The van der Waals surface area contributed by atoms with Crippen LogP contribution in [0.5, 0.6) is 5.75 Å². The van der Waals surface area contributed by atoms with Crippen LogP contribution in [0.15, 0.2) is 53.3 Å². The third kappa shape index (κ3) is 2.54. The predicted octanol–water partition coefficient (Wildman–Crippen LogP) is 3.68. The zero-order valence-corrected chi connectivity index (χ0v) is 12.5. The van der Waals surface area contributed by atoms with Crippen molar-refractivity contribution >= 4 is 11.8 Å². The number of aromatic nitrogens is 1. The molecule has 0 saturated carbocycles. The number of fused-ring (bicyclic) bond motifs is 1. The molecule has 3 heteroatoms. The molecule has 0 fully saturated rings. The van der Waals surface area contributed by atoms with Gasteiger partial charge in [-0.3, -0.25) is 9.98 Å². The number of hydrogen-bond acceptors (Lipinski definition) is 3. The normalized spacial score (nSPS) is 18.7. The number of pyridine rings is 1. The predicted molar refractivity (Wildman–Crippen MR) is 88.5 cm³/mol. The number of ether oxygens (including phenoxy) is 1. The SMILES string of the molecule is C(=C1CCCN=C1c1cccnc1)c1ccc2c(c1)CCO2. The van der Waals surface area contributed by atoms with E-state index in [4.69, 9.17) is 9.73 Å². The minimum absolute atomic E-state index is 0.803. The molecule has 0 atom stereocenters. The maximum Gasteiger partial charge on any atom is 0.122 e. The number of aliphatic imine (C=N–C) groups is 1. The van der Waals surface area contributed by atoms with Crippen molar-refractivity contribution in [3.05, 3.63) is 65.0 Å². The molecule has 22 heavy (non-hydrogen) atoms. The summed E-state index contributed by atoms with van der Waals surface area (Å²) in [4.78, 5) is 8.96. The van der Waals surface area contributed by atoms with E-state index >= 15 is 0 Å². The lowest BCUT2D eigenvalue weighted by Gasteiger charge is -2.16. The van der Waals surface area contributed by atoms with Crippen LogP contribution < -0.4 is 4.74 Å². The lowest BCUT2D eigenvalue weighted by Crippen LogP contribution is -2.11. The van der Waals surface area contributed by atoms with E-state index in [-0.39, 0.29) is 0 Å². The Morgan fingerprint density at radius 2 is 2.14 bits per heavy atom. The van der Waals surface area contributed by atoms with Crippen molar-refractivity contribution in [3.8, 4) is 5.75 Å². The fraction of sp³-hybridized carbons (Fsp3) is 0.263. The molecule has 0 unspecified atom stereocenters. The minimum Gasteiger partial charge on any atom is -0.493 e. The highest BCUT2D eigenvalue weighted by Gasteiger charge is 2.15. The molecule has 0 spiro atoms. The van der Waals surface area contributed by atoms with E-state index < -0.39 is 0 Å². The van der Waals surface area contributed by atoms with Gasteiger partial charge >= 0.3 is 0 Å². The molecule has 0 N–H and O–H groups in total. The monoisotopic (exact) mass is 290 g/mol. The highest BCUT2D eigenvalue weighted by atomic mass is 16.5. The molecule has 1 aromatic heterocycles. The van der Waals surface area contributed by atoms with Crippen LogP contribution in [0, 0.1) is 0 Å². The summed E-state index contributed by atoms with van der Waals surface area (Å²) in [7, 11) is 0. The molecule has 0 aliphatic carbocycles. The van der Waals surface area contributed by atoms with Gasteiger partial charge in [0.2, 0.25) is 0 Å². The van der Waals surface area contributed by atoms with Gasteiger partial charge in [-0.2, -0.15) is 0 Å². The Bertz CT molecular complexity index is 747. The van der Waals surface area contributed by atoms with Crippen LogP contribution >= 0.6 is 0 Å². The van der Waals surface area contributed by atoms with Crippen molar-refractivity contribution in [2.75, 3.05) is 13.2 Å². The maximum absolute atomic E-state index is 5.58. The molecule has 0 bridgehead atoms. The van der Waals surface area contributed by atoms with E-state index in [0.717, 1.165) is 49.4 Å². The van der Waals surface area contributed by atoms with Gasteiger partial charge < -0.3 is 4.74 Å². The zero-order chi connectivity index (χ0) is 14.8. The van der Waals surface area contributed by atoms with Crippen LogP contribution in [-0.2, 0) is 6.42 Å². The van der Waals surface area contributed by atoms with Crippen molar-refractivity contribution in [1.82, 2.24) is 4.98 Å². The summed E-state index contributed by atoms with van der Waals surface area (Å²) in [6, 6.07) is 10.5. The number of allylic oxidation sites excluding steroid dienone is 1. The first-order chi connectivity index (χ1) is 10.9. The Balaban J connectivity index is 1.70. The summed E-state index contributed by atoms with van der Waals surface area (Å²) in [6.07, 6.45) is 9.16. The maximum atomic E-state index is 5.58. The third-order valence-electron chi connectivity index (χ3n) is 4.17. The van der Waals surface area contributed by atoms with Gasteiger partial charge in [0.05, 0.1) is 12.3 Å². The first-order valence-corrected chi connectivity index (χ1v) is 7.82. The van der Waals surface area contributed by atoms with Gasteiger partial charge in [-0.15, -0.1) is 0 Å². The summed E-state index contributed by atoms with van der Waals surface area (Å²) in [6.45, 7) is 1.71. The van der Waals surface area contributed by atoms with E-state index in [2.05, 4.69) is 35.3 Å². The van der Waals surface area contributed by atoms with Crippen molar-refractivity contribution in [3.63, 3.8) is 0 Å². The van der Waals surface area contributed by atoms with E-state index in [1.165, 1.54) is 16.7 Å². The third-order valence-corrected chi connectivity index (χ3v) is 4.17. The van der Waals surface area contributed by atoms with Crippen molar-refractivity contribution in [1.29, 1.82) is 0 Å². The van der Waals surface area contributed by atoms with Gasteiger partial charge in [0.1, 0.15) is 5.75 Å². The Hall–Kier alpha value is -2.42. The van der Waals surface area contributed by atoms with Gasteiger partial charge in [-0.05, 0) is 59.9 Å². The van der Waals surface area contributed by atoms with Crippen molar-refractivity contribution < 1.29 is 4.74 Å². The first kappa shape index (κ1) is 13.3. The second-order valence-corrected chi connectivity index (χ2v) is 5.71. The summed E-state index contributed by atoms with van der Waals surface area (Å²) in [5, 5.41) is 0. The molecule has 2 aromatic rings. The molecule has 4 rings (SSSR count). The Kier molecular flexibility index (Phi) is 3.47. The minimum atomic E-state index is 0.803. The van der Waals surface area contributed by atoms with Gasteiger partial charge in [0.25, 0.3) is 0 Å². The summed E-state index contributed by atoms with van der Waals surface area (Å²) >= 11 is 0. The number of rotatable bonds is 2. The van der Waals surface area contributed by atoms with Crippen LogP contribution in [-0.4, -0.2) is 23.8 Å². The molecule has 0 amide bonds. The Labute approximate surface area is 130 Å². The topological polar surface area (TPSA) is 34.5 Å². The lowest BCUT2D eigenvalue weighted by molar-refractivity contribution is 0.357. The number of hydrogen-bond donors (Lipinski definition) is 0. The molecule has 2 aliphatic rings. The molecule has 0 radical (unpaired) electrons. The molecular formula is C19H18N2O. The van der Waals surface area contributed by atoms with Crippen molar-refractivity contribution in [2.45, 2.75) is 19.3 Å². The smallest absolute Gasteiger partial charge is 0.122 e. The van der Waals surface area contributed by atoms with Crippen LogP contribution in [0.25, 0.3) is 6.08 Å². The Morgan fingerprint density at radius 3 is 3.05 bits per heavy atom.